The molecule has 0 N–H and O–H groups in total. The van der Waals surface area contributed by atoms with Gasteiger partial charge >= 0.3 is 0 Å². The molecule has 0 aliphatic heterocycles. The normalized spacial score (nSPS) is 12.4. The first-order chi connectivity index (χ1) is 66.7. The number of aryl methyl sites for hydroxylation is 12. The van der Waals surface area contributed by atoms with Crippen LogP contribution < -0.4 is 83.0 Å². The van der Waals surface area contributed by atoms with Gasteiger partial charge in [-0.15, -0.1) is 0 Å². The van der Waals surface area contributed by atoms with E-state index in [1.54, 1.807) is 0 Å². The van der Waals surface area contributed by atoms with E-state index in [1.807, 2.05) is 0 Å². The largest absolute Gasteiger partial charge is 0.179 e. The Morgan fingerprint density at radius 2 is 0.248 bits per heavy atom. The highest BCUT2D eigenvalue weighted by Gasteiger charge is 2.50. The molecule has 0 bridgehead atoms. The van der Waals surface area contributed by atoms with Gasteiger partial charge in [-0.2, -0.15) is 0 Å². The minimum atomic E-state index is -3.02. The van der Waals surface area contributed by atoms with Crippen molar-refractivity contribution in [3.8, 4) is 55.6 Å². The third-order valence-corrected chi connectivity index (χ3v) is 49.3. The molecule has 20 aromatic carbocycles. The van der Waals surface area contributed by atoms with Crippen LogP contribution >= 0.6 is 0 Å². The Balaban J connectivity index is 0.837. The molecule has 0 spiro atoms. The number of hydrogen-bond acceptors (Lipinski definition) is 0. The Morgan fingerprint density at radius 1 is 0.124 bits per heavy atom. The Labute approximate surface area is 815 Å². The van der Waals surface area contributed by atoms with E-state index in [4.69, 9.17) is 0 Å². The van der Waals surface area contributed by atoms with Gasteiger partial charge in [0.25, 0.3) is 0 Å². The molecule has 0 aromatic heterocycles. The average molecular weight is 1820 g/mol. The molecule has 20 aromatic rings. The smallest absolute Gasteiger partial charge is 0.0619 e. The highest BCUT2D eigenvalue weighted by molar-refractivity contribution is 7.22. The van der Waals surface area contributed by atoms with Crippen molar-refractivity contribution >= 4 is 115 Å². The fourth-order valence-electron chi connectivity index (χ4n) is 22.7. The molecular formula is C133H114Si4. The lowest BCUT2D eigenvalue weighted by Gasteiger charge is -2.36. The van der Waals surface area contributed by atoms with E-state index in [-0.39, 0.29) is 0 Å². The van der Waals surface area contributed by atoms with E-state index >= 15 is 0 Å². The number of rotatable bonds is 22. The third kappa shape index (κ3) is 15.7. The summed E-state index contributed by atoms with van der Waals surface area (Å²) in [4.78, 5) is 0. The van der Waals surface area contributed by atoms with Crippen molar-refractivity contribution in [3.05, 3.63) is 562 Å². The summed E-state index contributed by atoms with van der Waals surface area (Å²) >= 11 is 0. The van der Waals surface area contributed by atoms with Crippen molar-refractivity contribution in [1.82, 2.24) is 0 Å². The molecule has 0 nitrogen and oxygen atoms in total. The summed E-state index contributed by atoms with van der Waals surface area (Å²) in [6.07, 6.45) is 0. The topological polar surface area (TPSA) is 0 Å². The molecule has 0 atom stereocenters. The molecule has 0 radical (unpaired) electrons. The van der Waals surface area contributed by atoms with Crippen LogP contribution in [0.5, 0.6) is 0 Å². The molecule has 0 heterocycles. The van der Waals surface area contributed by atoms with Gasteiger partial charge in [0.05, 0.1) is 5.41 Å². The van der Waals surface area contributed by atoms with Crippen LogP contribution in [-0.4, -0.2) is 32.3 Å². The van der Waals surface area contributed by atoms with Crippen LogP contribution in [0.1, 0.15) is 89.0 Å². The van der Waals surface area contributed by atoms with Crippen molar-refractivity contribution < 1.29 is 0 Å². The number of fused-ring (bicyclic) bond motifs is 3. The summed E-state index contributed by atoms with van der Waals surface area (Å²) in [6.45, 7) is 26.5. The predicted molar refractivity (Wildman–Crippen MR) is 597 cm³/mol. The van der Waals surface area contributed by atoms with Crippen LogP contribution in [0, 0.1) is 83.1 Å². The minimum Gasteiger partial charge on any atom is -0.0619 e. The van der Waals surface area contributed by atoms with E-state index in [2.05, 4.69) is 556 Å². The molecule has 21 rings (SSSR count). The summed E-state index contributed by atoms with van der Waals surface area (Å²) in [7, 11) is -12.1. The van der Waals surface area contributed by atoms with Crippen molar-refractivity contribution in [1.29, 1.82) is 0 Å². The fourth-order valence-corrected chi connectivity index (χ4v) is 41.3. The zero-order chi connectivity index (χ0) is 93.9. The van der Waals surface area contributed by atoms with E-state index < -0.39 is 37.7 Å². The lowest BCUT2D eigenvalue weighted by atomic mass is 9.66. The molecule has 0 fully saturated rings. The standard InChI is InChI=1S/C133H114Si4/c1-91-21-53-113(54-22-91)134(114-55-23-92(2)24-56-114,115-57-25-93(3)26-58-115)125-77-45-103(46-78-125)107-85-108(104-47-79-126(80-48-104)135(116-59-27-94(4)28-60-116,117-61-29-95(5)30-62-117)118-63-31-96(6)32-64-118)88-111(87-107)133(131-19-15-13-17-129(131)130-18-14-16-20-132(130)133)112-89-109(105-49-81-127(82-50-105)136(119-65-33-97(7)34-66-119,120-67-35-98(8)36-68-120)121-69-37-99(9)38-70-121)86-110(90-112)106-51-83-128(84-52-106)137(122-71-39-100(10)40-72-122,123-73-41-101(11)42-74-123)124-75-43-102(12)44-76-124/h13-90H,1-12H3. The summed E-state index contributed by atoms with van der Waals surface area (Å²) in [5, 5.41) is 21.6. The van der Waals surface area contributed by atoms with Gasteiger partial charge in [-0.25, -0.2) is 0 Å². The van der Waals surface area contributed by atoms with Gasteiger partial charge in [-0.3, -0.25) is 0 Å². The molecule has 662 valence electrons. The molecule has 0 unspecified atom stereocenters. The van der Waals surface area contributed by atoms with Crippen LogP contribution in [0.3, 0.4) is 0 Å². The van der Waals surface area contributed by atoms with E-state index in [1.165, 1.54) is 183 Å². The molecular weight excluding hydrogens is 1710 g/mol. The third-order valence-electron chi connectivity index (χ3n) is 30.1. The molecule has 137 heavy (non-hydrogen) atoms. The Hall–Kier alpha value is -14.7. The van der Waals surface area contributed by atoms with Crippen LogP contribution in [0.25, 0.3) is 55.6 Å². The van der Waals surface area contributed by atoms with Crippen molar-refractivity contribution in [2.45, 2.75) is 88.5 Å². The average Bonchev–Trinajstić information content (AvgIpc) is 1.53. The lowest BCUT2D eigenvalue weighted by molar-refractivity contribution is 0.770. The highest BCUT2D eigenvalue weighted by Crippen LogP contribution is 2.58. The second-order valence-corrected chi connectivity index (χ2v) is 54.4. The maximum absolute atomic E-state index is 3.02. The van der Waals surface area contributed by atoms with Gasteiger partial charge in [0.15, 0.2) is 32.3 Å². The zero-order valence-corrected chi connectivity index (χ0v) is 84.5. The summed E-state index contributed by atoms with van der Waals surface area (Å²) in [5.74, 6) is 0. The van der Waals surface area contributed by atoms with Crippen LogP contribution in [0.15, 0.2) is 473 Å². The molecule has 0 saturated carbocycles. The van der Waals surface area contributed by atoms with Crippen LogP contribution in [-0.2, 0) is 5.41 Å². The minimum absolute atomic E-state index is 0.925. The molecule has 0 saturated heterocycles. The second-order valence-electron chi connectivity index (χ2n) is 39.1. The van der Waals surface area contributed by atoms with E-state index in [9.17, 15) is 0 Å². The van der Waals surface area contributed by atoms with E-state index in [0.29, 0.717) is 0 Å². The van der Waals surface area contributed by atoms with Gasteiger partial charge in [0, 0.05) is 0 Å². The Morgan fingerprint density at radius 3 is 0.387 bits per heavy atom. The monoisotopic (exact) mass is 1820 g/mol. The first-order valence-electron chi connectivity index (χ1n) is 48.5. The fraction of sp³-hybridized carbons (Fsp3) is 0.0977. The van der Waals surface area contributed by atoms with Crippen molar-refractivity contribution in [2.24, 2.45) is 0 Å². The van der Waals surface area contributed by atoms with Gasteiger partial charge in [-0.1, -0.05) is 504 Å². The molecule has 0 amide bonds. The summed E-state index contributed by atoms with van der Waals surface area (Å²) in [5.41, 5.74) is 30.5. The second kappa shape index (κ2) is 36.5. The summed E-state index contributed by atoms with van der Waals surface area (Å²) < 4.78 is 0. The van der Waals surface area contributed by atoms with Gasteiger partial charge in [-0.05, 0) is 280 Å². The molecule has 1 aliphatic carbocycles. The van der Waals surface area contributed by atoms with Crippen LogP contribution in [0.2, 0.25) is 0 Å². The first kappa shape index (κ1) is 88.8. The molecule has 1 aliphatic rings. The van der Waals surface area contributed by atoms with E-state index in [0.717, 1.165) is 44.5 Å². The van der Waals surface area contributed by atoms with Gasteiger partial charge < -0.3 is 0 Å². The lowest BCUT2D eigenvalue weighted by Crippen LogP contribution is -2.74. The van der Waals surface area contributed by atoms with Gasteiger partial charge in [0.1, 0.15) is 0 Å². The summed E-state index contributed by atoms with van der Waals surface area (Å²) in [6, 6.07) is 188. The predicted octanol–water partition coefficient (Wildman–Crippen LogP) is 21.9. The van der Waals surface area contributed by atoms with Crippen LogP contribution in [0.4, 0.5) is 0 Å². The highest BCUT2D eigenvalue weighted by atomic mass is 28.3. The number of hydrogen-bond donors (Lipinski definition) is 0. The number of benzene rings is 20. The Kier molecular flexibility index (Phi) is 23.7. The quantitative estimate of drug-likeness (QED) is 0.0469. The van der Waals surface area contributed by atoms with Crippen molar-refractivity contribution in [2.75, 3.05) is 0 Å². The van der Waals surface area contributed by atoms with Crippen molar-refractivity contribution in [3.63, 3.8) is 0 Å². The zero-order valence-electron chi connectivity index (χ0n) is 80.5. The maximum Gasteiger partial charge on any atom is 0.179 e. The first-order valence-corrected chi connectivity index (χ1v) is 56.5. The van der Waals surface area contributed by atoms with Gasteiger partial charge in [0.2, 0.25) is 0 Å². The Bertz CT molecular complexity index is 6450. The SMILES string of the molecule is Cc1ccc([Si](c2ccc(C)cc2)(c2ccc(C)cc2)c2ccc(-c3cc(-c4ccc([Si](c5ccc(C)cc5)(c5ccc(C)cc5)c5ccc(C)cc5)cc4)cc(C4(c5cc(-c6ccc([Si](c7ccc(C)cc7)(c7ccc(C)cc7)c7ccc(C)cc7)cc6)cc(-c6ccc([Si](c7ccc(C)cc7)(c7ccc(C)cc7)c7ccc(C)cc7)cc6)c5)c5ccccc5-c5ccccc54)c3)cc2)cc1. The molecule has 4 heteroatoms. The maximum atomic E-state index is 2.59.